The number of aromatic nitrogens is 2. The summed E-state index contributed by atoms with van der Waals surface area (Å²) < 4.78 is 1.71. The van der Waals surface area contributed by atoms with Crippen LogP contribution in [0.5, 0.6) is 0 Å². The molecule has 1 aromatic carbocycles. The topological polar surface area (TPSA) is 58.4 Å². The molecule has 1 heterocycles. The lowest BCUT2D eigenvalue weighted by molar-refractivity contribution is 0.00762. The van der Waals surface area contributed by atoms with E-state index >= 15 is 0 Å². The zero-order valence-corrected chi connectivity index (χ0v) is 14.4. The molecule has 1 aliphatic rings. The summed E-state index contributed by atoms with van der Waals surface area (Å²) in [6, 6.07) is 11.7. The highest BCUT2D eigenvalue weighted by atomic mass is 16.3. The number of carbonyl (C=O) groups is 1. The molecule has 3 rings (SSSR count). The maximum Gasteiger partial charge on any atom is 0.274 e. The van der Waals surface area contributed by atoms with E-state index in [0.29, 0.717) is 18.8 Å². The SMILES string of the molecule is Cc1cc(C(=O)N(Cc2ccccc2)CC2(O)CCCC2)nn1C. The Morgan fingerprint density at radius 2 is 1.96 bits per heavy atom. The van der Waals surface area contributed by atoms with Crippen LogP contribution < -0.4 is 0 Å². The first-order chi connectivity index (χ1) is 11.5. The van der Waals surface area contributed by atoms with Crippen molar-refractivity contribution >= 4 is 5.91 Å². The van der Waals surface area contributed by atoms with E-state index in [2.05, 4.69) is 5.10 Å². The largest absolute Gasteiger partial charge is 0.388 e. The van der Waals surface area contributed by atoms with Gasteiger partial charge in [-0.15, -0.1) is 0 Å². The van der Waals surface area contributed by atoms with E-state index in [1.807, 2.05) is 44.3 Å². The van der Waals surface area contributed by atoms with Crippen LogP contribution in [-0.4, -0.2) is 37.8 Å². The van der Waals surface area contributed by atoms with Gasteiger partial charge in [0.25, 0.3) is 5.91 Å². The number of benzene rings is 1. The van der Waals surface area contributed by atoms with Crippen molar-refractivity contribution in [1.29, 1.82) is 0 Å². The van der Waals surface area contributed by atoms with E-state index in [4.69, 9.17) is 0 Å². The first-order valence-corrected chi connectivity index (χ1v) is 8.53. The second-order valence-corrected chi connectivity index (χ2v) is 6.87. The second-order valence-electron chi connectivity index (χ2n) is 6.87. The minimum atomic E-state index is -0.770. The zero-order chi connectivity index (χ0) is 17.2. The van der Waals surface area contributed by atoms with Crippen molar-refractivity contribution in [2.75, 3.05) is 6.54 Å². The molecule has 128 valence electrons. The van der Waals surface area contributed by atoms with Gasteiger partial charge in [-0.2, -0.15) is 5.10 Å². The molecule has 2 aromatic rings. The maximum absolute atomic E-state index is 13.0. The summed E-state index contributed by atoms with van der Waals surface area (Å²) in [5.41, 5.74) is 1.67. The minimum Gasteiger partial charge on any atom is -0.388 e. The van der Waals surface area contributed by atoms with E-state index in [-0.39, 0.29) is 5.91 Å². The highest BCUT2D eigenvalue weighted by molar-refractivity contribution is 5.92. The highest BCUT2D eigenvalue weighted by Crippen LogP contribution is 2.31. The van der Waals surface area contributed by atoms with Gasteiger partial charge in [0.15, 0.2) is 5.69 Å². The number of nitrogens with zero attached hydrogens (tertiary/aromatic N) is 3. The average Bonchev–Trinajstić information content (AvgIpc) is 3.14. The first-order valence-electron chi connectivity index (χ1n) is 8.53. The van der Waals surface area contributed by atoms with Gasteiger partial charge >= 0.3 is 0 Å². The average molecular weight is 327 g/mol. The summed E-state index contributed by atoms with van der Waals surface area (Å²) in [5, 5.41) is 15.1. The number of amides is 1. The van der Waals surface area contributed by atoms with Crippen molar-refractivity contribution in [3.05, 3.63) is 53.3 Å². The van der Waals surface area contributed by atoms with Crippen molar-refractivity contribution in [3.8, 4) is 0 Å². The third kappa shape index (κ3) is 3.67. The normalized spacial score (nSPS) is 16.3. The van der Waals surface area contributed by atoms with Crippen LogP contribution in [0.15, 0.2) is 36.4 Å². The Morgan fingerprint density at radius 1 is 1.29 bits per heavy atom. The Labute approximate surface area is 142 Å². The molecule has 0 saturated heterocycles. The van der Waals surface area contributed by atoms with Crippen LogP contribution in [0.25, 0.3) is 0 Å². The fourth-order valence-electron chi connectivity index (χ4n) is 3.38. The lowest BCUT2D eigenvalue weighted by atomic mass is 10.0. The molecular formula is C19H25N3O2. The Balaban J connectivity index is 1.84. The third-order valence-corrected chi connectivity index (χ3v) is 4.86. The standard InChI is InChI=1S/C19H25N3O2/c1-15-12-17(20-21(15)2)18(23)22(13-16-8-4-3-5-9-16)14-19(24)10-6-7-11-19/h3-5,8-9,12,24H,6-7,10-11,13-14H2,1-2H3. The molecule has 5 nitrogen and oxygen atoms in total. The van der Waals surface area contributed by atoms with Crippen LogP contribution in [0, 0.1) is 6.92 Å². The Kier molecular flexibility index (Phi) is 4.71. The lowest BCUT2D eigenvalue weighted by Crippen LogP contribution is -2.44. The molecule has 24 heavy (non-hydrogen) atoms. The van der Waals surface area contributed by atoms with Crippen LogP contribution >= 0.6 is 0 Å². The van der Waals surface area contributed by atoms with E-state index < -0.39 is 5.60 Å². The van der Waals surface area contributed by atoms with Crippen LogP contribution in [0.2, 0.25) is 0 Å². The predicted octanol–water partition coefficient (Wildman–Crippen LogP) is 2.68. The maximum atomic E-state index is 13.0. The molecule has 0 spiro atoms. The van der Waals surface area contributed by atoms with Crippen LogP contribution in [0.1, 0.15) is 47.4 Å². The van der Waals surface area contributed by atoms with Crippen molar-refractivity contribution < 1.29 is 9.90 Å². The molecule has 0 atom stereocenters. The summed E-state index contributed by atoms with van der Waals surface area (Å²) in [5.74, 6) is -0.122. The van der Waals surface area contributed by atoms with Gasteiger partial charge in [0, 0.05) is 19.3 Å². The van der Waals surface area contributed by atoms with Gasteiger partial charge in [-0.3, -0.25) is 9.48 Å². The van der Waals surface area contributed by atoms with E-state index in [0.717, 1.165) is 36.9 Å². The number of hydrogen-bond acceptors (Lipinski definition) is 3. The van der Waals surface area contributed by atoms with Gasteiger partial charge in [-0.1, -0.05) is 43.2 Å². The summed E-state index contributed by atoms with van der Waals surface area (Å²) in [6.45, 7) is 2.77. The smallest absolute Gasteiger partial charge is 0.274 e. The molecular weight excluding hydrogens is 302 g/mol. The highest BCUT2D eigenvalue weighted by Gasteiger charge is 2.35. The predicted molar refractivity (Wildman–Crippen MR) is 92.5 cm³/mol. The second kappa shape index (κ2) is 6.77. The summed E-state index contributed by atoms with van der Waals surface area (Å²) in [4.78, 5) is 14.7. The summed E-state index contributed by atoms with van der Waals surface area (Å²) in [6.07, 6.45) is 3.55. The fourth-order valence-corrected chi connectivity index (χ4v) is 3.38. The molecule has 0 radical (unpaired) electrons. The Hall–Kier alpha value is -2.14. The van der Waals surface area contributed by atoms with Gasteiger partial charge < -0.3 is 10.0 Å². The molecule has 0 aliphatic heterocycles. The molecule has 1 N–H and O–H groups in total. The number of carbonyl (C=O) groups excluding carboxylic acids is 1. The Morgan fingerprint density at radius 3 is 2.54 bits per heavy atom. The van der Waals surface area contributed by atoms with Gasteiger partial charge in [-0.05, 0) is 31.4 Å². The van der Waals surface area contributed by atoms with Crippen molar-refractivity contribution in [2.45, 2.75) is 44.8 Å². The molecule has 0 unspecified atom stereocenters. The number of aliphatic hydroxyl groups is 1. The molecule has 1 amide bonds. The van der Waals surface area contributed by atoms with Gasteiger partial charge in [0.05, 0.1) is 12.1 Å². The molecule has 1 fully saturated rings. The zero-order valence-electron chi connectivity index (χ0n) is 14.4. The van der Waals surface area contributed by atoms with Crippen molar-refractivity contribution in [2.24, 2.45) is 7.05 Å². The lowest BCUT2D eigenvalue weighted by Gasteiger charge is -2.31. The van der Waals surface area contributed by atoms with Crippen molar-refractivity contribution in [3.63, 3.8) is 0 Å². The molecule has 0 bridgehead atoms. The van der Waals surface area contributed by atoms with Crippen molar-refractivity contribution in [1.82, 2.24) is 14.7 Å². The van der Waals surface area contributed by atoms with Gasteiger partial charge in [0.2, 0.25) is 0 Å². The number of hydrogen-bond donors (Lipinski definition) is 1. The Bertz CT molecular complexity index is 683. The fraction of sp³-hybridized carbons (Fsp3) is 0.474. The summed E-state index contributed by atoms with van der Waals surface area (Å²) >= 11 is 0. The minimum absolute atomic E-state index is 0.122. The first kappa shape index (κ1) is 16.7. The number of aryl methyl sites for hydroxylation is 2. The van der Waals surface area contributed by atoms with E-state index in [9.17, 15) is 9.90 Å². The molecule has 1 saturated carbocycles. The molecule has 1 aliphatic carbocycles. The molecule has 5 heteroatoms. The third-order valence-electron chi connectivity index (χ3n) is 4.86. The summed E-state index contributed by atoms with van der Waals surface area (Å²) in [7, 11) is 1.83. The van der Waals surface area contributed by atoms with Gasteiger partial charge in [0.1, 0.15) is 0 Å². The van der Waals surface area contributed by atoms with Crippen LogP contribution in [0.4, 0.5) is 0 Å². The van der Waals surface area contributed by atoms with Gasteiger partial charge in [-0.25, -0.2) is 0 Å². The molecule has 1 aromatic heterocycles. The van der Waals surface area contributed by atoms with E-state index in [1.165, 1.54) is 0 Å². The van der Waals surface area contributed by atoms with Crippen LogP contribution in [0.3, 0.4) is 0 Å². The monoisotopic (exact) mass is 327 g/mol. The van der Waals surface area contributed by atoms with Crippen LogP contribution in [-0.2, 0) is 13.6 Å². The van der Waals surface area contributed by atoms with E-state index in [1.54, 1.807) is 15.6 Å². The quantitative estimate of drug-likeness (QED) is 0.918. The number of rotatable bonds is 5.